The Morgan fingerprint density at radius 3 is 2.43 bits per heavy atom. The van der Waals surface area contributed by atoms with Gasteiger partial charge in [0.25, 0.3) is 0 Å². The molecule has 0 aliphatic heterocycles. The summed E-state index contributed by atoms with van der Waals surface area (Å²) in [6.07, 6.45) is 0.874. The monoisotopic (exact) mass is 194 g/mol. The van der Waals surface area contributed by atoms with Gasteiger partial charge in [-0.05, 0) is 23.8 Å². The summed E-state index contributed by atoms with van der Waals surface area (Å²) in [6, 6.07) is 11.9. The summed E-state index contributed by atoms with van der Waals surface area (Å²) >= 11 is 0. The van der Waals surface area contributed by atoms with Crippen molar-refractivity contribution < 1.29 is 35.8 Å². The van der Waals surface area contributed by atoms with Crippen LogP contribution < -0.4 is 29.6 Å². The van der Waals surface area contributed by atoms with E-state index in [1.165, 1.54) is 10.9 Å². The second kappa shape index (κ2) is 4.74. The Hall–Kier alpha value is -0.630. The number of fused-ring (bicyclic) bond motifs is 1. The zero-order valence-electron chi connectivity index (χ0n) is 9.45. The molecular formula is C12H11NaO. The third kappa shape index (κ3) is 2.24. The van der Waals surface area contributed by atoms with Gasteiger partial charge in [0.2, 0.25) is 0 Å². The van der Waals surface area contributed by atoms with Gasteiger partial charge < -0.3 is 1.43 Å². The molecule has 66 valence electrons. The van der Waals surface area contributed by atoms with Gasteiger partial charge in [-0.15, -0.1) is 0 Å². The average molecular weight is 194 g/mol. The molecule has 2 rings (SSSR count). The fourth-order valence-corrected chi connectivity index (χ4v) is 1.46. The van der Waals surface area contributed by atoms with E-state index in [1.54, 1.807) is 0 Å². The normalized spacial score (nSPS) is 9.50. The van der Waals surface area contributed by atoms with Crippen LogP contribution in [0.3, 0.4) is 0 Å². The number of aryl methyl sites for hydroxylation is 1. The predicted molar refractivity (Wildman–Crippen MR) is 55.2 cm³/mol. The van der Waals surface area contributed by atoms with E-state index in [9.17, 15) is 4.79 Å². The van der Waals surface area contributed by atoms with Crippen LogP contribution in [0.2, 0.25) is 0 Å². The van der Waals surface area contributed by atoms with Crippen LogP contribution in [0.15, 0.2) is 36.4 Å². The van der Waals surface area contributed by atoms with Crippen LogP contribution in [-0.2, 0) is 0 Å². The zero-order chi connectivity index (χ0) is 9.26. The van der Waals surface area contributed by atoms with Crippen molar-refractivity contribution in [1.29, 1.82) is 0 Å². The summed E-state index contributed by atoms with van der Waals surface area (Å²) in [7, 11) is 0. The Kier molecular flexibility index (Phi) is 3.87. The Bertz CT molecular complexity index is 468. The van der Waals surface area contributed by atoms with Gasteiger partial charge in [0.1, 0.15) is 6.29 Å². The van der Waals surface area contributed by atoms with Crippen LogP contribution in [0.1, 0.15) is 17.3 Å². The number of hydrogen-bond donors (Lipinski definition) is 0. The molecule has 0 aromatic heterocycles. The van der Waals surface area contributed by atoms with Crippen molar-refractivity contribution in [2.24, 2.45) is 0 Å². The van der Waals surface area contributed by atoms with Gasteiger partial charge in [-0.25, -0.2) is 0 Å². The molecule has 2 heteroatoms. The van der Waals surface area contributed by atoms with E-state index in [0.29, 0.717) is 0 Å². The molecule has 0 saturated carbocycles. The van der Waals surface area contributed by atoms with Crippen molar-refractivity contribution in [2.45, 2.75) is 6.92 Å². The molecule has 0 bridgehead atoms. The Morgan fingerprint density at radius 1 is 1.07 bits per heavy atom. The molecule has 0 unspecified atom stereocenters. The standard InChI is InChI=1S/C12H10O.Na.H/c1-9-2-4-12-7-10(8-13)3-5-11(12)6-9;;/h2-8H,1H3;;/q;+1;-1. The number of benzene rings is 2. The molecule has 0 N–H and O–H groups in total. The second-order valence-corrected chi connectivity index (χ2v) is 3.23. The molecule has 0 fully saturated rings. The molecule has 0 heterocycles. The Balaban J connectivity index is 0.000000980. The van der Waals surface area contributed by atoms with Gasteiger partial charge in [0.15, 0.2) is 0 Å². The van der Waals surface area contributed by atoms with Gasteiger partial charge in [-0.3, -0.25) is 4.79 Å². The molecule has 0 spiro atoms. The van der Waals surface area contributed by atoms with E-state index >= 15 is 0 Å². The average Bonchev–Trinajstić information content (AvgIpc) is 2.17. The summed E-state index contributed by atoms with van der Waals surface area (Å²) in [5.74, 6) is 0. The predicted octanol–water partition coefficient (Wildman–Crippen LogP) is 0.0772. The van der Waals surface area contributed by atoms with E-state index in [2.05, 4.69) is 19.1 Å². The second-order valence-electron chi connectivity index (χ2n) is 3.23. The topological polar surface area (TPSA) is 17.1 Å². The van der Waals surface area contributed by atoms with Crippen LogP contribution in [0.5, 0.6) is 0 Å². The molecule has 2 aromatic rings. The van der Waals surface area contributed by atoms with Crippen LogP contribution in [0.4, 0.5) is 0 Å². The fraction of sp³-hybridized carbons (Fsp3) is 0.0833. The smallest absolute Gasteiger partial charge is 1.00 e. The third-order valence-electron chi connectivity index (χ3n) is 2.16. The zero-order valence-corrected chi connectivity index (χ0v) is 10.4. The minimum absolute atomic E-state index is 0. The summed E-state index contributed by atoms with van der Waals surface area (Å²) < 4.78 is 0. The molecule has 0 saturated heterocycles. The van der Waals surface area contributed by atoms with E-state index in [-0.39, 0.29) is 31.0 Å². The number of rotatable bonds is 1. The summed E-state index contributed by atoms with van der Waals surface area (Å²) in [5.41, 5.74) is 1.97. The van der Waals surface area contributed by atoms with Crippen molar-refractivity contribution in [3.63, 3.8) is 0 Å². The van der Waals surface area contributed by atoms with Gasteiger partial charge >= 0.3 is 29.6 Å². The minimum Gasteiger partial charge on any atom is -1.00 e. The largest absolute Gasteiger partial charge is 1.00 e. The van der Waals surface area contributed by atoms with Gasteiger partial charge in [0.05, 0.1) is 0 Å². The van der Waals surface area contributed by atoms with E-state index in [4.69, 9.17) is 0 Å². The number of carbonyl (C=O) groups is 1. The van der Waals surface area contributed by atoms with Crippen LogP contribution >= 0.6 is 0 Å². The van der Waals surface area contributed by atoms with E-state index < -0.39 is 0 Å². The van der Waals surface area contributed by atoms with Crippen molar-refractivity contribution >= 4 is 17.1 Å². The van der Waals surface area contributed by atoms with Gasteiger partial charge in [0, 0.05) is 5.56 Å². The molecule has 14 heavy (non-hydrogen) atoms. The molecule has 0 atom stereocenters. The van der Waals surface area contributed by atoms with Crippen molar-refractivity contribution in [3.05, 3.63) is 47.5 Å². The van der Waals surface area contributed by atoms with Crippen LogP contribution in [0.25, 0.3) is 10.8 Å². The van der Waals surface area contributed by atoms with Crippen LogP contribution in [-0.4, -0.2) is 6.29 Å². The first-order chi connectivity index (χ1) is 6.29. The van der Waals surface area contributed by atoms with Gasteiger partial charge in [-0.2, -0.15) is 0 Å². The molecule has 0 radical (unpaired) electrons. The SMILES string of the molecule is Cc1ccc2cc(C=O)ccc2c1.[H-].[Na+]. The number of hydrogen-bond acceptors (Lipinski definition) is 1. The van der Waals surface area contributed by atoms with E-state index in [0.717, 1.165) is 17.2 Å². The molecule has 1 nitrogen and oxygen atoms in total. The summed E-state index contributed by atoms with van der Waals surface area (Å²) in [6.45, 7) is 2.06. The Labute approximate surface area is 107 Å². The van der Waals surface area contributed by atoms with Crippen LogP contribution in [0, 0.1) is 6.92 Å². The minimum atomic E-state index is 0. The molecule has 0 aliphatic rings. The first-order valence-electron chi connectivity index (χ1n) is 4.25. The molecule has 0 aliphatic carbocycles. The maximum absolute atomic E-state index is 10.5. The third-order valence-corrected chi connectivity index (χ3v) is 2.16. The number of carbonyl (C=O) groups excluding carboxylic acids is 1. The maximum atomic E-state index is 10.5. The van der Waals surface area contributed by atoms with Crippen molar-refractivity contribution in [2.75, 3.05) is 0 Å². The van der Waals surface area contributed by atoms with Crippen molar-refractivity contribution in [1.82, 2.24) is 0 Å². The quantitative estimate of drug-likeness (QED) is 0.464. The fourth-order valence-electron chi connectivity index (χ4n) is 1.46. The summed E-state index contributed by atoms with van der Waals surface area (Å²) in [4.78, 5) is 10.5. The van der Waals surface area contributed by atoms with Crippen molar-refractivity contribution in [3.8, 4) is 0 Å². The molecular weight excluding hydrogens is 183 g/mol. The first kappa shape index (κ1) is 11.4. The Morgan fingerprint density at radius 2 is 1.71 bits per heavy atom. The molecule has 0 amide bonds. The first-order valence-corrected chi connectivity index (χ1v) is 4.25. The number of aldehydes is 1. The maximum Gasteiger partial charge on any atom is 1.00 e. The van der Waals surface area contributed by atoms with Gasteiger partial charge in [-0.1, -0.05) is 35.9 Å². The summed E-state index contributed by atoms with van der Waals surface area (Å²) in [5, 5.41) is 2.31. The molecule has 2 aromatic carbocycles. The van der Waals surface area contributed by atoms with E-state index in [1.807, 2.05) is 24.3 Å².